The molecule has 0 saturated carbocycles. The normalized spacial score (nSPS) is 16.3. The molecule has 0 aromatic heterocycles. The molecule has 0 radical (unpaired) electrons. The van der Waals surface area contributed by atoms with Crippen molar-refractivity contribution in [1.82, 2.24) is 10.2 Å². The fraction of sp³-hybridized carbons (Fsp3) is 0.409. The maximum Gasteiger partial charge on any atom is 0.416 e. The number of methoxy groups -OCH3 is 1. The van der Waals surface area contributed by atoms with Gasteiger partial charge in [-0.15, -0.1) is 0 Å². The van der Waals surface area contributed by atoms with Gasteiger partial charge in [0.1, 0.15) is 5.75 Å². The summed E-state index contributed by atoms with van der Waals surface area (Å²) in [4.78, 5) is 14.5. The van der Waals surface area contributed by atoms with E-state index in [2.05, 4.69) is 5.32 Å². The van der Waals surface area contributed by atoms with E-state index in [1.54, 1.807) is 12.0 Å². The molecule has 30 heavy (non-hydrogen) atoms. The Kier molecular flexibility index (Phi) is 7.20. The topological polar surface area (TPSA) is 50.8 Å². The van der Waals surface area contributed by atoms with Crippen molar-refractivity contribution in [3.63, 3.8) is 0 Å². The van der Waals surface area contributed by atoms with E-state index in [1.807, 2.05) is 24.3 Å². The van der Waals surface area contributed by atoms with Gasteiger partial charge >= 0.3 is 12.2 Å². The van der Waals surface area contributed by atoms with Crippen molar-refractivity contribution in [2.75, 3.05) is 20.3 Å². The van der Waals surface area contributed by atoms with Crippen LogP contribution in [0, 0.1) is 0 Å². The lowest BCUT2D eigenvalue weighted by Crippen LogP contribution is -2.43. The van der Waals surface area contributed by atoms with Gasteiger partial charge in [-0.05, 0) is 36.6 Å². The van der Waals surface area contributed by atoms with E-state index in [9.17, 15) is 18.0 Å². The van der Waals surface area contributed by atoms with E-state index >= 15 is 0 Å². The molecule has 162 valence electrons. The number of urea groups is 1. The van der Waals surface area contributed by atoms with Gasteiger partial charge < -0.3 is 19.7 Å². The Labute approximate surface area is 173 Å². The van der Waals surface area contributed by atoms with Crippen LogP contribution in [0.1, 0.15) is 29.5 Å². The first-order valence-corrected chi connectivity index (χ1v) is 9.79. The number of amides is 2. The summed E-state index contributed by atoms with van der Waals surface area (Å²) >= 11 is 0. The molecule has 1 aliphatic rings. The molecule has 1 saturated heterocycles. The van der Waals surface area contributed by atoms with E-state index in [-0.39, 0.29) is 18.7 Å². The van der Waals surface area contributed by atoms with Gasteiger partial charge in [-0.3, -0.25) is 0 Å². The predicted molar refractivity (Wildman–Crippen MR) is 106 cm³/mol. The number of rotatable bonds is 7. The maximum absolute atomic E-state index is 12.9. The summed E-state index contributed by atoms with van der Waals surface area (Å²) in [7, 11) is 1.58. The van der Waals surface area contributed by atoms with Gasteiger partial charge in [0.15, 0.2) is 0 Å². The highest BCUT2D eigenvalue weighted by atomic mass is 19.4. The minimum absolute atomic E-state index is 0.0310. The van der Waals surface area contributed by atoms with Crippen LogP contribution in [0.3, 0.4) is 0 Å². The van der Waals surface area contributed by atoms with Crippen LogP contribution in [0.5, 0.6) is 5.75 Å². The molecule has 1 unspecified atom stereocenters. The molecule has 5 nitrogen and oxygen atoms in total. The van der Waals surface area contributed by atoms with Gasteiger partial charge in [0.2, 0.25) is 0 Å². The van der Waals surface area contributed by atoms with Gasteiger partial charge in [-0.2, -0.15) is 13.2 Å². The molecule has 2 aromatic carbocycles. The number of benzene rings is 2. The number of hydrogen-bond acceptors (Lipinski definition) is 3. The molecule has 1 atom stereocenters. The van der Waals surface area contributed by atoms with Crippen molar-refractivity contribution < 1.29 is 27.4 Å². The minimum atomic E-state index is -4.38. The molecule has 1 aliphatic heterocycles. The molecule has 1 fully saturated rings. The van der Waals surface area contributed by atoms with Gasteiger partial charge in [0.25, 0.3) is 0 Å². The summed E-state index contributed by atoms with van der Waals surface area (Å²) in [5, 5.41) is 2.80. The third-order valence-corrected chi connectivity index (χ3v) is 5.01. The zero-order chi connectivity index (χ0) is 21.6. The van der Waals surface area contributed by atoms with Crippen molar-refractivity contribution in [2.24, 2.45) is 0 Å². The average molecular weight is 422 g/mol. The van der Waals surface area contributed by atoms with Crippen LogP contribution < -0.4 is 10.1 Å². The monoisotopic (exact) mass is 422 g/mol. The lowest BCUT2D eigenvalue weighted by Gasteiger charge is -2.26. The van der Waals surface area contributed by atoms with Crippen LogP contribution in [0.15, 0.2) is 48.5 Å². The minimum Gasteiger partial charge on any atom is -0.496 e. The first-order chi connectivity index (χ1) is 14.4. The summed E-state index contributed by atoms with van der Waals surface area (Å²) in [6.07, 6.45) is -2.57. The third kappa shape index (κ3) is 5.89. The fourth-order valence-corrected chi connectivity index (χ4v) is 3.39. The largest absolute Gasteiger partial charge is 0.496 e. The number of ether oxygens (including phenoxy) is 2. The zero-order valence-corrected chi connectivity index (χ0v) is 16.7. The first-order valence-electron chi connectivity index (χ1n) is 9.79. The molecule has 0 spiro atoms. The molecular formula is C22H25F3N2O3. The number of hydrogen-bond donors (Lipinski definition) is 1. The van der Waals surface area contributed by atoms with Crippen molar-refractivity contribution in [2.45, 2.75) is 38.2 Å². The standard InChI is InChI=1S/C22H25F3N2O3/c1-29-20-7-3-2-5-17(20)14-27(15-19-6-4-12-30-19)21(28)26-13-16-8-10-18(11-9-16)22(23,24)25/h2-3,5,7-11,19H,4,6,12-15H2,1H3,(H,26,28). The Bertz CT molecular complexity index is 834. The number of nitrogens with one attached hydrogen (secondary N) is 1. The van der Waals surface area contributed by atoms with Crippen molar-refractivity contribution >= 4 is 6.03 Å². The Morgan fingerprint density at radius 3 is 2.57 bits per heavy atom. The highest BCUT2D eigenvalue weighted by molar-refractivity contribution is 5.74. The van der Waals surface area contributed by atoms with Crippen molar-refractivity contribution in [3.8, 4) is 5.75 Å². The highest BCUT2D eigenvalue weighted by Gasteiger charge is 2.30. The van der Waals surface area contributed by atoms with E-state index < -0.39 is 11.7 Å². The smallest absolute Gasteiger partial charge is 0.416 e. The summed E-state index contributed by atoms with van der Waals surface area (Å²) in [6.45, 7) is 1.57. The summed E-state index contributed by atoms with van der Waals surface area (Å²) in [5.74, 6) is 0.686. The zero-order valence-electron chi connectivity index (χ0n) is 16.7. The summed E-state index contributed by atoms with van der Waals surface area (Å²) in [5.41, 5.74) is 0.738. The second-order valence-corrected chi connectivity index (χ2v) is 7.18. The van der Waals surface area contributed by atoms with Crippen LogP contribution in [0.2, 0.25) is 0 Å². The quantitative estimate of drug-likeness (QED) is 0.709. The Balaban J connectivity index is 1.66. The van der Waals surface area contributed by atoms with Crippen LogP contribution >= 0.6 is 0 Å². The SMILES string of the molecule is COc1ccccc1CN(CC1CCCO1)C(=O)NCc1ccc(C(F)(F)F)cc1. The van der Waals surface area contributed by atoms with Gasteiger partial charge in [0.05, 0.1) is 25.3 Å². The third-order valence-electron chi connectivity index (χ3n) is 5.01. The Morgan fingerprint density at radius 1 is 1.20 bits per heavy atom. The van der Waals surface area contributed by atoms with E-state index in [0.29, 0.717) is 31.0 Å². The predicted octanol–water partition coefficient (Wildman–Crippen LogP) is 4.60. The van der Waals surface area contributed by atoms with Gasteiger partial charge in [-0.1, -0.05) is 30.3 Å². The number of carbonyl (C=O) groups is 1. The van der Waals surface area contributed by atoms with Crippen LogP contribution in [0.25, 0.3) is 0 Å². The fourth-order valence-electron chi connectivity index (χ4n) is 3.39. The van der Waals surface area contributed by atoms with Crippen molar-refractivity contribution in [3.05, 3.63) is 65.2 Å². The molecule has 0 aliphatic carbocycles. The van der Waals surface area contributed by atoms with Crippen LogP contribution in [0.4, 0.5) is 18.0 Å². The lowest BCUT2D eigenvalue weighted by atomic mass is 10.1. The number of para-hydroxylation sites is 1. The molecular weight excluding hydrogens is 397 g/mol. The molecule has 1 heterocycles. The van der Waals surface area contributed by atoms with E-state index in [1.165, 1.54) is 12.1 Å². The van der Waals surface area contributed by atoms with Gasteiger partial charge in [0, 0.05) is 25.3 Å². The highest BCUT2D eigenvalue weighted by Crippen LogP contribution is 2.29. The van der Waals surface area contributed by atoms with Crippen molar-refractivity contribution in [1.29, 1.82) is 0 Å². The molecule has 2 amide bonds. The lowest BCUT2D eigenvalue weighted by molar-refractivity contribution is -0.137. The van der Waals surface area contributed by atoms with E-state index in [0.717, 1.165) is 30.5 Å². The molecule has 2 aromatic rings. The summed E-state index contributed by atoms with van der Waals surface area (Å²) < 4.78 is 49.2. The molecule has 1 N–H and O–H groups in total. The number of nitrogens with zero attached hydrogens (tertiary/aromatic N) is 1. The van der Waals surface area contributed by atoms with Crippen LogP contribution in [-0.2, 0) is 24.0 Å². The summed E-state index contributed by atoms with van der Waals surface area (Å²) in [6, 6.07) is 11.9. The number of halogens is 3. The molecule has 3 rings (SSSR count). The maximum atomic E-state index is 12.9. The average Bonchev–Trinajstić information content (AvgIpc) is 3.24. The number of alkyl halides is 3. The second kappa shape index (κ2) is 9.84. The Hall–Kier alpha value is -2.74. The second-order valence-electron chi connectivity index (χ2n) is 7.18. The molecule has 8 heteroatoms. The first kappa shape index (κ1) is 22.0. The number of carbonyl (C=O) groups excluding carboxylic acids is 1. The van der Waals surface area contributed by atoms with Crippen LogP contribution in [-0.4, -0.2) is 37.3 Å². The van der Waals surface area contributed by atoms with E-state index in [4.69, 9.17) is 9.47 Å². The molecule has 0 bridgehead atoms. The van der Waals surface area contributed by atoms with Gasteiger partial charge in [-0.25, -0.2) is 4.79 Å². The Morgan fingerprint density at radius 2 is 1.93 bits per heavy atom.